The molecule has 1 amide bonds. The van der Waals surface area contributed by atoms with Crippen LogP contribution in [0.5, 0.6) is 11.5 Å². The molecule has 3 aliphatic rings. The van der Waals surface area contributed by atoms with E-state index in [1.165, 1.54) is 22.6 Å². The Morgan fingerprint density at radius 2 is 1.70 bits per heavy atom. The summed E-state index contributed by atoms with van der Waals surface area (Å²) in [4.78, 5) is 21.7. The Kier molecular flexibility index (Phi) is 11.8. The topological polar surface area (TPSA) is 143 Å². The van der Waals surface area contributed by atoms with Gasteiger partial charge in [0.25, 0.3) is 5.91 Å². The number of carbonyl (C=O) groups excluding carboxylic acids is 1. The number of ether oxygens (including phenoxy) is 2. The molecule has 1 saturated heterocycles. The van der Waals surface area contributed by atoms with Crippen molar-refractivity contribution in [1.29, 1.82) is 5.26 Å². The van der Waals surface area contributed by atoms with Crippen molar-refractivity contribution in [2.24, 2.45) is 10.9 Å². The lowest BCUT2D eigenvalue weighted by atomic mass is 9.92. The summed E-state index contributed by atoms with van der Waals surface area (Å²) in [5.74, 6) is 8.86. The standard InChI is InChI=1S/C45H44F3N9O3S/c1-5-36-42-55-52-28(4)57(42)44-40(26(2)27(3)61-44)41(51-36)31-10-8-29(9-11-31)6-7-30-20-22-56(23-21-30)39-19-18-37(53-54-39)43(58)50-33-13-16-34(17-14-33)59-35-15-12-32(25-49)38(24-35)60-45(46,47)48/h8-12,15,18-19,24,30,33-34,36H,5,13-14,16-17,20-23H2,1-4H3,(H,50,58)/t33?,34?,36-/m0/s1. The first-order chi connectivity index (χ1) is 29.4. The second-order valence-electron chi connectivity index (χ2n) is 15.6. The zero-order chi connectivity index (χ0) is 42.8. The molecule has 12 nitrogen and oxygen atoms in total. The van der Waals surface area contributed by atoms with E-state index in [2.05, 4.69) is 96.8 Å². The molecule has 5 aromatic rings. The molecular formula is C45H44F3N9O3S. The number of fused-ring (bicyclic) bond motifs is 3. The molecule has 0 spiro atoms. The zero-order valence-electron chi connectivity index (χ0n) is 34.2. The molecule has 2 aromatic carbocycles. The summed E-state index contributed by atoms with van der Waals surface area (Å²) in [7, 11) is 0. The maximum absolute atomic E-state index is 13.0. The molecule has 1 atom stereocenters. The van der Waals surface area contributed by atoms with Gasteiger partial charge < -0.3 is 19.7 Å². The van der Waals surface area contributed by atoms with E-state index in [0.29, 0.717) is 31.5 Å². The van der Waals surface area contributed by atoms with Crippen LogP contribution in [0.15, 0.2) is 59.6 Å². The van der Waals surface area contributed by atoms with Crippen molar-refractivity contribution in [2.45, 2.75) is 97.2 Å². The number of nitrogens with zero attached hydrogens (tertiary/aromatic N) is 8. The molecule has 2 aliphatic heterocycles. The van der Waals surface area contributed by atoms with E-state index in [1.54, 1.807) is 23.5 Å². The number of aliphatic imine (C=N–C) groups is 1. The summed E-state index contributed by atoms with van der Waals surface area (Å²) >= 11 is 1.76. The monoisotopic (exact) mass is 847 g/mol. The normalized spacial score (nSPS) is 19.0. The van der Waals surface area contributed by atoms with Crippen LogP contribution >= 0.6 is 11.3 Å². The van der Waals surface area contributed by atoms with Crippen molar-refractivity contribution in [3.63, 3.8) is 0 Å². The molecule has 61 heavy (non-hydrogen) atoms. The first-order valence-corrected chi connectivity index (χ1v) is 21.3. The smallest absolute Gasteiger partial charge is 0.490 e. The van der Waals surface area contributed by atoms with Crippen LogP contribution in [0.3, 0.4) is 0 Å². The third kappa shape index (κ3) is 9.10. The number of halogens is 3. The summed E-state index contributed by atoms with van der Waals surface area (Å²) in [5.41, 5.74) is 5.35. The first-order valence-electron chi connectivity index (χ1n) is 20.5. The highest BCUT2D eigenvalue weighted by Crippen LogP contribution is 2.39. The average Bonchev–Trinajstić information content (AvgIpc) is 3.73. The molecule has 0 radical (unpaired) electrons. The van der Waals surface area contributed by atoms with Gasteiger partial charge in [-0.15, -0.1) is 44.9 Å². The Labute approximate surface area is 355 Å². The van der Waals surface area contributed by atoms with Gasteiger partial charge in [-0.1, -0.05) is 30.9 Å². The number of carbonyl (C=O) groups is 1. The van der Waals surface area contributed by atoms with Crippen molar-refractivity contribution < 1.29 is 27.4 Å². The summed E-state index contributed by atoms with van der Waals surface area (Å²) in [5, 5.41) is 30.8. The Morgan fingerprint density at radius 1 is 0.951 bits per heavy atom. The fourth-order valence-electron chi connectivity index (χ4n) is 8.08. The van der Waals surface area contributed by atoms with Crippen LogP contribution in [-0.2, 0) is 0 Å². The van der Waals surface area contributed by atoms with Crippen LogP contribution in [0.1, 0.15) is 113 Å². The highest BCUT2D eigenvalue weighted by molar-refractivity contribution is 7.15. The van der Waals surface area contributed by atoms with Gasteiger partial charge in [-0.2, -0.15) is 5.26 Å². The lowest BCUT2D eigenvalue weighted by Gasteiger charge is -2.30. The van der Waals surface area contributed by atoms with Gasteiger partial charge in [0, 0.05) is 52.7 Å². The van der Waals surface area contributed by atoms with E-state index < -0.39 is 12.1 Å². The van der Waals surface area contributed by atoms with Gasteiger partial charge in [0.1, 0.15) is 28.7 Å². The van der Waals surface area contributed by atoms with Crippen LogP contribution < -0.4 is 19.7 Å². The van der Waals surface area contributed by atoms with Crippen molar-refractivity contribution >= 4 is 28.8 Å². The minimum Gasteiger partial charge on any atom is -0.490 e. The molecule has 0 bridgehead atoms. The largest absolute Gasteiger partial charge is 0.573 e. The molecule has 16 heteroatoms. The van der Waals surface area contributed by atoms with E-state index in [-0.39, 0.29) is 47.0 Å². The van der Waals surface area contributed by atoms with Crippen molar-refractivity contribution in [3.8, 4) is 34.4 Å². The zero-order valence-corrected chi connectivity index (χ0v) is 35.0. The number of piperidine rings is 1. The third-order valence-electron chi connectivity index (χ3n) is 11.5. The predicted molar refractivity (Wildman–Crippen MR) is 224 cm³/mol. The van der Waals surface area contributed by atoms with Gasteiger partial charge in [-0.25, -0.2) is 0 Å². The number of thiophene rings is 1. The molecule has 5 heterocycles. The second kappa shape index (κ2) is 17.4. The van der Waals surface area contributed by atoms with Gasteiger partial charge >= 0.3 is 6.36 Å². The minimum atomic E-state index is -4.93. The number of hydrogen-bond acceptors (Lipinski definition) is 11. The molecule has 3 aromatic heterocycles. The number of nitriles is 1. The Bertz CT molecular complexity index is 2550. The lowest BCUT2D eigenvalue weighted by molar-refractivity contribution is -0.274. The van der Waals surface area contributed by atoms with E-state index >= 15 is 0 Å². The fourth-order valence-corrected chi connectivity index (χ4v) is 9.29. The van der Waals surface area contributed by atoms with Crippen molar-refractivity contribution in [2.75, 3.05) is 18.0 Å². The number of hydrogen-bond donors (Lipinski definition) is 1. The summed E-state index contributed by atoms with van der Waals surface area (Å²) < 4.78 is 50.5. The Morgan fingerprint density at radius 3 is 2.38 bits per heavy atom. The summed E-state index contributed by atoms with van der Waals surface area (Å²) in [6, 6.07) is 17.2. The maximum Gasteiger partial charge on any atom is 0.573 e. The van der Waals surface area contributed by atoms with E-state index in [9.17, 15) is 18.0 Å². The van der Waals surface area contributed by atoms with E-state index in [0.717, 1.165) is 77.5 Å². The summed E-state index contributed by atoms with van der Waals surface area (Å²) in [6.45, 7) is 9.99. The number of benzene rings is 2. The number of rotatable bonds is 8. The quantitative estimate of drug-likeness (QED) is 0.152. The molecule has 0 unspecified atom stereocenters. The van der Waals surface area contributed by atoms with E-state index in [1.807, 2.05) is 13.0 Å². The molecule has 8 rings (SSSR count). The van der Waals surface area contributed by atoms with Gasteiger partial charge in [0.05, 0.1) is 17.4 Å². The molecule has 1 saturated carbocycles. The number of aryl methyl sites for hydroxylation is 2. The molecule has 2 fully saturated rings. The van der Waals surface area contributed by atoms with Crippen LogP contribution in [0.2, 0.25) is 0 Å². The van der Waals surface area contributed by atoms with Gasteiger partial charge in [-0.05, 0) is 108 Å². The average molecular weight is 848 g/mol. The Balaban J connectivity index is 0.817. The second-order valence-corrected chi connectivity index (χ2v) is 16.8. The van der Waals surface area contributed by atoms with Crippen molar-refractivity contribution in [3.05, 3.63) is 105 Å². The number of alkyl halides is 3. The van der Waals surface area contributed by atoms with Crippen LogP contribution in [0, 0.1) is 49.9 Å². The van der Waals surface area contributed by atoms with Crippen molar-refractivity contribution in [1.82, 2.24) is 30.3 Å². The highest BCUT2D eigenvalue weighted by atomic mass is 32.1. The van der Waals surface area contributed by atoms with Crippen LogP contribution in [0.25, 0.3) is 5.00 Å². The molecular weight excluding hydrogens is 804 g/mol. The number of amides is 1. The lowest BCUT2D eigenvalue weighted by Crippen LogP contribution is -2.40. The van der Waals surface area contributed by atoms with Gasteiger partial charge in [0.15, 0.2) is 23.1 Å². The predicted octanol–water partition coefficient (Wildman–Crippen LogP) is 8.50. The highest BCUT2D eigenvalue weighted by Gasteiger charge is 2.33. The first kappa shape index (κ1) is 41.5. The third-order valence-corrected chi connectivity index (χ3v) is 12.7. The van der Waals surface area contributed by atoms with Gasteiger partial charge in [-0.3, -0.25) is 14.4 Å². The summed E-state index contributed by atoms with van der Waals surface area (Å²) in [6.07, 6.45) is -0.219. The minimum absolute atomic E-state index is 0.0897. The molecule has 1 N–H and O–H groups in total. The Hall–Kier alpha value is -6.26. The molecule has 1 aliphatic carbocycles. The maximum atomic E-state index is 13.0. The van der Waals surface area contributed by atoms with Crippen LogP contribution in [0.4, 0.5) is 19.0 Å². The van der Waals surface area contributed by atoms with E-state index in [4.69, 9.17) is 15.0 Å². The SMILES string of the molecule is CC[C@@H]1N=C(c2ccc(C#CC3CCN(c4ccc(C(=O)NC5CCC(Oc6ccc(C#N)c(OC(F)(F)F)c6)CC5)nn4)CC3)cc2)c2c(sc(C)c2C)-n2c(C)nnc21. The number of nitrogens with one attached hydrogen (secondary N) is 1. The fraction of sp³-hybridized carbons (Fsp3) is 0.400. The van der Waals surface area contributed by atoms with Crippen LogP contribution in [-0.4, -0.2) is 68.2 Å². The van der Waals surface area contributed by atoms with Gasteiger partial charge in [0.2, 0.25) is 0 Å². The number of aromatic nitrogens is 5. The molecule has 314 valence electrons. The number of anilines is 1.